The maximum atomic E-state index is 12.4. The topological polar surface area (TPSA) is 87.1 Å². The summed E-state index contributed by atoms with van der Waals surface area (Å²) in [5, 5.41) is 0. The van der Waals surface area contributed by atoms with E-state index in [4.69, 9.17) is 5.73 Å². The fourth-order valence-electron chi connectivity index (χ4n) is 2.98. The Kier molecular flexibility index (Phi) is 4.00. The zero-order chi connectivity index (χ0) is 15.1. The molecule has 1 unspecified atom stereocenters. The first-order valence-corrected chi connectivity index (χ1v) is 8.91. The Balaban J connectivity index is 2.58. The normalized spacial score (nSPS) is 21.7. The van der Waals surface area contributed by atoms with Crippen molar-refractivity contribution in [2.24, 2.45) is 0 Å². The van der Waals surface area contributed by atoms with Crippen molar-refractivity contribution in [2.45, 2.75) is 52.1 Å². The highest BCUT2D eigenvalue weighted by atomic mass is 32.2. The summed E-state index contributed by atoms with van der Waals surface area (Å²) in [5.41, 5.74) is 6.80. The van der Waals surface area contributed by atoms with Gasteiger partial charge in [0.1, 0.15) is 5.69 Å². The third kappa shape index (κ3) is 2.51. The van der Waals surface area contributed by atoms with Crippen molar-refractivity contribution in [1.82, 2.24) is 9.36 Å². The van der Waals surface area contributed by atoms with Crippen LogP contribution in [-0.4, -0.2) is 29.3 Å². The minimum atomic E-state index is -3.03. The summed E-state index contributed by atoms with van der Waals surface area (Å²) in [6.45, 7) is 6.69. The molecule has 0 aromatic carbocycles. The van der Waals surface area contributed by atoms with E-state index < -0.39 is 9.84 Å². The molecule has 0 bridgehead atoms. The van der Waals surface area contributed by atoms with Gasteiger partial charge in [0.2, 0.25) is 0 Å². The van der Waals surface area contributed by atoms with Gasteiger partial charge in [-0.3, -0.25) is 9.48 Å². The van der Waals surface area contributed by atoms with Crippen LogP contribution in [0.4, 0.5) is 5.69 Å². The fourth-order valence-corrected chi connectivity index (χ4v) is 4.67. The zero-order valence-electron chi connectivity index (χ0n) is 12.3. The molecule has 0 aliphatic carbocycles. The van der Waals surface area contributed by atoms with Gasteiger partial charge in [0.15, 0.2) is 9.84 Å². The zero-order valence-corrected chi connectivity index (χ0v) is 13.1. The molecular weight excluding hydrogens is 278 g/mol. The van der Waals surface area contributed by atoms with E-state index >= 15 is 0 Å². The minimum absolute atomic E-state index is 0.0393. The quantitative estimate of drug-likeness (QED) is 0.903. The van der Waals surface area contributed by atoms with Crippen molar-refractivity contribution < 1.29 is 8.42 Å². The van der Waals surface area contributed by atoms with Gasteiger partial charge in [0.05, 0.1) is 23.2 Å². The molecule has 1 aliphatic heterocycles. The van der Waals surface area contributed by atoms with E-state index in [1.165, 1.54) is 0 Å². The Bertz CT molecular complexity index is 655. The summed E-state index contributed by atoms with van der Waals surface area (Å²) in [7, 11) is -3.03. The highest BCUT2D eigenvalue weighted by Gasteiger charge is 2.33. The van der Waals surface area contributed by atoms with Crippen molar-refractivity contribution >= 4 is 15.5 Å². The number of sulfone groups is 1. The Labute approximate surface area is 119 Å². The second kappa shape index (κ2) is 5.27. The number of hydrogen-bond acceptors (Lipinski definition) is 4. The van der Waals surface area contributed by atoms with Crippen LogP contribution >= 0.6 is 0 Å². The lowest BCUT2D eigenvalue weighted by Gasteiger charge is -2.19. The van der Waals surface area contributed by atoms with Crippen LogP contribution in [0.2, 0.25) is 0 Å². The smallest absolute Gasteiger partial charge is 0.290 e. The van der Waals surface area contributed by atoms with Gasteiger partial charge in [-0.25, -0.2) is 13.1 Å². The van der Waals surface area contributed by atoms with Crippen LogP contribution < -0.4 is 11.3 Å². The molecule has 2 N–H and O–H groups in total. The molecule has 2 rings (SSSR count). The van der Waals surface area contributed by atoms with Gasteiger partial charge in [-0.1, -0.05) is 20.8 Å². The van der Waals surface area contributed by atoms with Crippen molar-refractivity contribution in [2.75, 3.05) is 17.2 Å². The van der Waals surface area contributed by atoms with Crippen molar-refractivity contribution in [3.63, 3.8) is 0 Å². The maximum absolute atomic E-state index is 12.4. The molecule has 1 atom stereocenters. The molecular formula is C13H23N3O3S. The first-order chi connectivity index (χ1) is 9.28. The van der Waals surface area contributed by atoms with Crippen molar-refractivity contribution in [3.8, 4) is 0 Å². The number of nitrogen functional groups attached to an aromatic ring is 1. The largest absolute Gasteiger partial charge is 0.393 e. The number of nitrogens with zero attached hydrogens (tertiary/aromatic N) is 2. The van der Waals surface area contributed by atoms with Crippen LogP contribution in [0, 0.1) is 0 Å². The van der Waals surface area contributed by atoms with Crippen LogP contribution in [0.5, 0.6) is 0 Å². The van der Waals surface area contributed by atoms with Gasteiger partial charge in [-0.2, -0.15) is 0 Å². The molecule has 1 saturated heterocycles. The van der Waals surface area contributed by atoms with E-state index in [1.54, 1.807) is 4.68 Å². The fraction of sp³-hybridized carbons (Fsp3) is 0.769. The van der Waals surface area contributed by atoms with Gasteiger partial charge in [0, 0.05) is 6.54 Å². The molecule has 6 nitrogen and oxygen atoms in total. The van der Waals surface area contributed by atoms with Crippen LogP contribution in [0.1, 0.15) is 51.3 Å². The average molecular weight is 301 g/mol. The molecule has 1 aromatic rings. The lowest BCUT2D eigenvalue weighted by Crippen LogP contribution is -2.29. The minimum Gasteiger partial charge on any atom is -0.393 e. The molecule has 20 heavy (non-hydrogen) atoms. The number of anilines is 1. The number of aromatic nitrogens is 2. The first kappa shape index (κ1) is 15.2. The van der Waals surface area contributed by atoms with Gasteiger partial charge in [-0.05, 0) is 18.8 Å². The van der Waals surface area contributed by atoms with Crippen LogP contribution in [0.25, 0.3) is 0 Å². The highest BCUT2D eigenvalue weighted by Crippen LogP contribution is 2.27. The van der Waals surface area contributed by atoms with E-state index in [2.05, 4.69) is 0 Å². The molecule has 1 aromatic heterocycles. The SMILES string of the molecule is CCCn1c(C(C)C)c(N)c(=O)n1C1CCS(=O)(=O)C1. The maximum Gasteiger partial charge on any atom is 0.290 e. The Hall–Kier alpha value is -1.24. The molecule has 0 spiro atoms. The molecule has 0 amide bonds. The van der Waals surface area contributed by atoms with Crippen molar-refractivity contribution in [1.29, 1.82) is 0 Å². The van der Waals surface area contributed by atoms with Crippen LogP contribution in [0.15, 0.2) is 4.79 Å². The summed E-state index contributed by atoms with van der Waals surface area (Å²) >= 11 is 0. The lowest BCUT2D eigenvalue weighted by atomic mass is 10.1. The second-order valence-electron chi connectivity index (χ2n) is 5.78. The molecule has 0 radical (unpaired) electrons. The van der Waals surface area contributed by atoms with Crippen LogP contribution in [-0.2, 0) is 16.4 Å². The van der Waals surface area contributed by atoms with E-state index in [9.17, 15) is 13.2 Å². The van der Waals surface area contributed by atoms with Gasteiger partial charge >= 0.3 is 0 Å². The number of rotatable bonds is 4. The predicted octanol–water partition coefficient (Wildman–Crippen LogP) is 1.13. The standard InChI is InChI=1S/C13H23N3O3S/c1-4-6-15-12(9(2)3)11(14)13(17)16(15)10-5-7-20(18,19)8-10/h9-10H,4-8,14H2,1-3H3. The third-order valence-electron chi connectivity index (χ3n) is 3.79. The monoisotopic (exact) mass is 301 g/mol. The van der Waals surface area contributed by atoms with Crippen LogP contribution in [0.3, 0.4) is 0 Å². The van der Waals surface area contributed by atoms with E-state index in [0.29, 0.717) is 13.0 Å². The predicted molar refractivity (Wildman–Crippen MR) is 79.8 cm³/mol. The van der Waals surface area contributed by atoms with E-state index in [-0.39, 0.29) is 34.7 Å². The van der Waals surface area contributed by atoms with Gasteiger partial charge in [0.25, 0.3) is 5.56 Å². The van der Waals surface area contributed by atoms with Gasteiger partial charge in [-0.15, -0.1) is 0 Å². The third-order valence-corrected chi connectivity index (χ3v) is 5.54. The summed E-state index contributed by atoms with van der Waals surface area (Å²) in [6.07, 6.45) is 1.36. The summed E-state index contributed by atoms with van der Waals surface area (Å²) in [6, 6.07) is -0.283. The molecule has 7 heteroatoms. The van der Waals surface area contributed by atoms with E-state index in [0.717, 1.165) is 12.1 Å². The summed E-state index contributed by atoms with van der Waals surface area (Å²) < 4.78 is 26.8. The summed E-state index contributed by atoms with van der Waals surface area (Å²) in [5.74, 6) is 0.323. The highest BCUT2D eigenvalue weighted by molar-refractivity contribution is 7.91. The second-order valence-corrected chi connectivity index (χ2v) is 8.01. The van der Waals surface area contributed by atoms with Crippen molar-refractivity contribution in [3.05, 3.63) is 16.0 Å². The number of hydrogen-bond donors (Lipinski definition) is 1. The summed E-state index contributed by atoms with van der Waals surface area (Å²) in [4.78, 5) is 12.4. The molecule has 114 valence electrons. The Morgan fingerprint density at radius 1 is 1.40 bits per heavy atom. The Morgan fingerprint density at radius 3 is 2.50 bits per heavy atom. The average Bonchev–Trinajstić information content (AvgIpc) is 2.79. The van der Waals surface area contributed by atoms with E-state index in [1.807, 2.05) is 25.5 Å². The number of nitrogens with two attached hydrogens (primary N) is 1. The molecule has 1 fully saturated rings. The lowest BCUT2D eigenvalue weighted by molar-refractivity contribution is 0.369. The molecule has 1 aliphatic rings. The first-order valence-electron chi connectivity index (χ1n) is 7.09. The Morgan fingerprint density at radius 2 is 2.05 bits per heavy atom. The molecule has 2 heterocycles. The molecule has 0 saturated carbocycles. The van der Waals surface area contributed by atoms with Gasteiger partial charge < -0.3 is 5.73 Å².